The smallest absolute Gasteiger partial charge is 0.221 e. The standard InChI is InChI=1S/C8H16N2O/c1-6(8(9)11)4-10-5-7-2-3-7/h6-7,10H,2-5H2,1H3,(H2,9,11). The van der Waals surface area contributed by atoms with Gasteiger partial charge in [-0.1, -0.05) is 6.92 Å². The Morgan fingerprint density at radius 3 is 2.82 bits per heavy atom. The highest BCUT2D eigenvalue weighted by Crippen LogP contribution is 2.27. The summed E-state index contributed by atoms with van der Waals surface area (Å²) in [4.78, 5) is 10.6. The lowest BCUT2D eigenvalue weighted by atomic mass is 10.2. The van der Waals surface area contributed by atoms with E-state index in [1.54, 1.807) is 0 Å². The molecule has 3 heteroatoms. The molecule has 0 radical (unpaired) electrons. The van der Waals surface area contributed by atoms with Gasteiger partial charge in [0.05, 0.1) is 0 Å². The summed E-state index contributed by atoms with van der Waals surface area (Å²) in [6, 6.07) is 0. The fourth-order valence-corrected chi connectivity index (χ4v) is 0.927. The first kappa shape index (κ1) is 8.53. The highest BCUT2D eigenvalue weighted by atomic mass is 16.1. The number of amides is 1. The number of carbonyl (C=O) groups is 1. The molecule has 1 amide bonds. The number of carbonyl (C=O) groups excluding carboxylic acids is 1. The predicted octanol–water partition coefficient (Wildman–Crippen LogP) is 0.107. The highest BCUT2D eigenvalue weighted by Gasteiger charge is 2.20. The Morgan fingerprint density at radius 1 is 1.73 bits per heavy atom. The molecule has 3 N–H and O–H groups in total. The van der Waals surface area contributed by atoms with E-state index in [0.29, 0.717) is 0 Å². The Bertz CT molecular complexity index is 143. The molecule has 1 aliphatic rings. The van der Waals surface area contributed by atoms with Gasteiger partial charge >= 0.3 is 0 Å². The second kappa shape index (κ2) is 3.72. The van der Waals surface area contributed by atoms with Gasteiger partial charge in [0.25, 0.3) is 0 Å². The van der Waals surface area contributed by atoms with Crippen molar-refractivity contribution >= 4 is 5.91 Å². The molecule has 64 valence electrons. The lowest BCUT2D eigenvalue weighted by molar-refractivity contribution is -0.121. The molecule has 1 aliphatic carbocycles. The summed E-state index contributed by atoms with van der Waals surface area (Å²) < 4.78 is 0. The van der Waals surface area contributed by atoms with Gasteiger partial charge in [-0.2, -0.15) is 0 Å². The SMILES string of the molecule is CC(CNCC1CC1)C(N)=O. The van der Waals surface area contributed by atoms with Crippen molar-refractivity contribution in [2.24, 2.45) is 17.6 Å². The minimum Gasteiger partial charge on any atom is -0.369 e. The Labute approximate surface area is 67.3 Å². The number of hydrogen-bond donors (Lipinski definition) is 2. The Morgan fingerprint density at radius 2 is 2.36 bits per heavy atom. The Hall–Kier alpha value is -0.570. The molecule has 0 aromatic carbocycles. The molecule has 1 rings (SSSR count). The molecule has 11 heavy (non-hydrogen) atoms. The van der Waals surface area contributed by atoms with Gasteiger partial charge < -0.3 is 11.1 Å². The van der Waals surface area contributed by atoms with Gasteiger partial charge in [-0.25, -0.2) is 0 Å². The monoisotopic (exact) mass is 156 g/mol. The molecule has 1 fully saturated rings. The molecule has 1 saturated carbocycles. The van der Waals surface area contributed by atoms with Crippen molar-refractivity contribution in [2.75, 3.05) is 13.1 Å². The van der Waals surface area contributed by atoms with Crippen molar-refractivity contribution in [3.05, 3.63) is 0 Å². The summed E-state index contributed by atoms with van der Waals surface area (Å²) in [5.41, 5.74) is 5.09. The van der Waals surface area contributed by atoms with Crippen molar-refractivity contribution in [3.63, 3.8) is 0 Å². The van der Waals surface area contributed by atoms with Gasteiger partial charge in [0.2, 0.25) is 5.91 Å². The van der Waals surface area contributed by atoms with E-state index in [2.05, 4.69) is 5.32 Å². The third kappa shape index (κ3) is 3.37. The van der Waals surface area contributed by atoms with Gasteiger partial charge in [-0.15, -0.1) is 0 Å². The number of primary amides is 1. The quantitative estimate of drug-likeness (QED) is 0.593. The molecular weight excluding hydrogens is 140 g/mol. The van der Waals surface area contributed by atoms with Crippen LogP contribution in [0.2, 0.25) is 0 Å². The summed E-state index contributed by atoms with van der Waals surface area (Å²) in [6.45, 7) is 3.63. The van der Waals surface area contributed by atoms with Crippen molar-refractivity contribution < 1.29 is 4.79 Å². The molecule has 0 spiro atoms. The first-order valence-electron chi connectivity index (χ1n) is 4.20. The van der Waals surface area contributed by atoms with E-state index in [9.17, 15) is 4.79 Å². The summed E-state index contributed by atoms with van der Waals surface area (Å²) in [7, 11) is 0. The average Bonchev–Trinajstić information content (AvgIpc) is 2.71. The molecule has 0 saturated heterocycles. The van der Waals surface area contributed by atoms with Crippen molar-refractivity contribution in [2.45, 2.75) is 19.8 Å². The second-order valence-corrected chi connectivity index (χ2v) is 3.41. The van der Waals surface area contributed by atoms with E-state index in [1.165, 1.54) is 12.8 Å². The van der Waals surface area contributed by atoms with Crippen molar-refractivity contribution in [1.82, 2.24) is 5.32 Å². The summed E-state index contributed by atoms with van der Waals surface area (Å²) >= 11 is 0. The molecule has 0 bridgehead atoms. The fraction of sp³-hybridized carbons (Fsp3) is 0.875. The first-order valence-corrected chi connectivity index (χ1v) is 4.20. The molecular formula is C8H16N2O. The maximum atomic E-state index is 10.6. The van der Waals surface area contributed by atoms with E-state index in [0.717, 1.165) is 19.0 Å². The van der Waals surface area contributed by atoms with Crippen LogP contribution >= 0.6 is 0 Å². The van der Waals surface area contributed by atoms with Gasteiger partial charge in [0.15, 0.2) is 0 Å². The number of rotatable bonds is 5. The molecule has 0 aromatic heterocycles. The zero-order valence-corrected chi connectivity index (χ0v) is 6.97. The van der Waals surface area contributed by atoms with Crippen LogP contribution in [0.4, 0.5) is 0 Å². The fourth-order valence-electron chi connectivity index (χ4n) is 0.927. The van der Waals surface area contributed by atoms with Crippen LogP contribution in [0.25, 0.3) is 0 Å². The lowest BCUT2D eigenvalue weighted by Crippen LogP contribution is -2.31. The first-order chi connectivity index (χ1) is 5.20. The summed E-state index contributed by atoms with van der Waals surface area (Å²) in [5, 5.41) is 3.23. The predicted molar refractivity (Wildman–Crippen MR) is 44.0 cm³/mol. The molecule has 1 unspecified atom stereocenters. The normalized spacial score (nSPS) is 19.7. The van der Waals surface area contributed by atoms with Crippen LogP contribution in [-0.4, -0.2) is 19.0 Å². The molecule has 0 aliphatic heterocycles. The van der Waals surface area contributed by atoms with Gasteiger partial charge in [0.1, 0.15) is 0 Å². The van der Waals surface area contributed by atoms with Crippen LogP contribution < -0.4 is 11.1 Å². The molecule has 0 heterocycles. The summed E-state index contributed by atoms with van der Waals surface area (Å²) in [6.07, 6.45) is 2.69. The molecule has 3 nitrogen and oxygen atoms in total. The van der Waals surface area contributed by atoms with Crippen LogP contribution in [0.15, 0.2) is 0 Å². The molecule has 1 atom stereocenters. The van der Waals surface area contributed by atoms with Crippen LogP contribution in [-0.2, 0) is 4.79 Å². The van der Waals surface area contributed by atoms with Gasteiger partial charge in [-0.3, -0.25) is 4.79 Å². The van der Waals surface area contributed by atoms with Gasteiger partial charge in [0, 0.05) is 12.5 Å². The lowest BCUT2D eigenvalue weighted by Gasteiger charge is -2.07. The zero-order chi connectivity index (χ0) is 8.27. The van der Waals surface area contributed by atoms with E-state index in [1.807, 2.05) is 6.92 Å². The van der Waals surface area contributed by atoms with E-state index in [4.69, 9.17) is 5.73 Å². The van der Waals surface area contributed by atoms with E-state index in [-0.39, 0.29) is 11.8 Å². The Kier molecular flexibility index (Phi) is 2.88. The largest absolute Gasteiger partial charge is 0.369 e. The minimum absolute atomic E-state index is 0.0336. The molecule has 0 aromatic rings. The van der Waals surface area contributed by atoms with E-state index < -0.39 is 0 Å². The Balaban J connectivity index is 1.96. The van der Waals surface area contributed by atoms with Crippen molar-refractivity contribution in [3.8, 4) is 0 Å². The minimum atomic E-state index is -0.215. The van der Waals surface area contributed by atoms with Crippen LogP contribution in [0.1, 0.15) is 19.8 Å². The summed E-state index contributed by atoms with van der Waals surface area (Å²) in [5.74, 6) is 0.622. The highest BCUT2D eigenvalue weighted by molar-refractivity contribution is 5.76. The second-order valence-electron chi connectivity index (χ2n) is 3.41. The van der Waals surface area contributed by atoms with Gasteiger partial charge in [-0.05, 0) is 25.3 Å². The van der Waals surface area contributed by atoms with Crippen LogP contribution in [0, 0.1) is 11.8 Å². The number of nitrogens with one attached hydrogen (secondary N) is 1. The maximum absolute atomic E-state index is 10.6. The maximum Gasteiger partial charge on any atom is 0.221 e. The van der Waals surface area contributed by atoms with Crippen molar-refractivity contribution in [1.29, 1.82) is 0 Å². The van der Waals surface area contributed by atoms with Crippen LogP contribution in [0.5, 0.6) is 0 Å². The number of nitrogens with two attached hydrogens (primary N) is 1. The third-order valence-electron chi connectivity index (χ3n) is 2.07. The van der Waals surface area contributed by atoms with Crippen LogP contribution in [0.3, 0.4) is 0 Å². The third-order valence-corrected chi connectivity index (χ3v) is 2.07. The van der Waals surface area contributed by atoms with E-state index >= 15 is 0 Å². The average molecular weight is 156 g/mol. The topological polar surface area (TPSA) is 55.1 Å². The number of hydrogen-bond acceptors (Lipinski definition) is 2. The zero-order valence-electron chi connectivity index (χ0n) is 6.97.